The smallest absolute Gasteiger partial charge is 0.410 e. The second-order valence-electron chi connectivity index (χ2n) is 5.67. The number of carbonyl (C=O) groups is 1. The molecule has 1 amide bonds. The first-order valence-electron chi connectivity index (χ1n) is 8.09. The van der Waals surface area contributed by atoms with Crippen molar-refractivity contribution in [1.29, 1.82) is 0 Å². The van der Waals surface area contributed by atoms with Gasteiger partial charge in [0.15, 0.2) is 0 Å². The van der Waals surface area contributed by atoms with Gasteiger partial charge in [0, 0.05) is 29.8 Å². The minimum absolute atomic E-state index is 0.407. The molecule has 0 aliphatic rings. The molecule has 2 aromatic rings. The van der Waals surface area contributed by atoms with E-state index in [4.69, 9.17) is 4.74 Å². The molecule has 0 bridgehead atoms. The molecule has 0 saturated heterocycles. The zero-order valence-electron chi connectivity index (χ0n) is 14.1. The Bertz CT molecular complexity index is 615. The molecule has 2 N–H and O–H groups in total. The molecule has 0 aliphatic carbocycles. The molecule has 0 radical (unpaired) electrons. The Morgan fingerprint density at radius 1 is 1.04 bits per heavy atom. The number of benzene rings is 2. The second kappa shape index (κ2) is 10.0. The van der Waals surface area contributed by atoms with Crippen molar-refractivity contribution in [3.8, 4) is 5.75 Å². The van der Waals surface area contributed by atoms with Gasteiger partial charge in [0.25, 0.3) is 0 Å². The summed E-state index contributed by atoms with van der Waals surface area (Å²) in [4.78, 5) is 12.9. The average Bonchev–Trinajstić information content (AvgIpc) is 2.59. The standard InChI is InChI=1S/C19H24N2O2S/c1-15(2)20-12-13-21-19(22)23-17-10-8-16(9-11-17)14-24-18-6-4-3-5-7-18/h3-11,15,20H,12-14H2,1-2H3,(H,21,22). The zero-order valence-corrected chi connectivity index (χ0v) is 14.9. The van der Waals surface area contributed by atoms with Gasteiger partial charge in [-0.25, -0.2) is 4.79 Å². The number of ether oxygens (including phenoxy) is 1. The normalized spacial score (nSPS) is 10.6. The van der Waals surface area contributed by atoms with E-state index in [1.54, 1.807) is 11.8 Å². The van der Waals surface area contributed by atoms with Crippen molar-refractivity contribution in [2.45, 2.75) is 30.5 Å². The lowest BCUT2D eigenvalue weighted by Gasteiger charge is -2.10. The molecule has 24 heavy (non-hydrogen) atoms. The number of hydrogen-bond donors (Lipinski definition) is 2. The van der Waals surface area contributed by atoms with Crippen molar-refractivity contribution in [3.05, 3.63) is 60.2 Å². The summed E-state index contributed by atoms with van der Waals surface area (Å²) < 4.78 is 5.25. The Kier molecular flexibility index (Phi) is 7.65. The lowest BCUT2D eigenvalue weighted by atomic mass is 10.2. The van der Waals surface area contributed by atoms with Crippen molar-refractivity contribution >= 4 is 17.9 Å². The quantitative estimate of drug-likeness (QED) is 0.560. The van der Waals surface area contributed by atoms with Crippen LogP contribution in [0.5, 0.6) is 5.75 Å². The van der Waals surface area contributed by atoms with E-state index >= 15 is 0 Å². The van der Waals surface area contributed by atoms with E-state index in [2.05, 4.69) is 36.6 Å². The third kappa shape index (κ3) is 7.06. The first kappa shape index (κ1) is 18.4. The summed E-state index contributed by atoms with van der Waals surface area (Å²) in [5.41, 5.74) is 1.19. The topological polar surface area (TPSA) is 50.4 Å². The molecule has 0 unspecified atom stereocenters. The third-order valence-electron chi connectivity index (χ3n) is 3.23. The highest BCUT2D eigenvalue weighted by molar-refractivity contribution is 7.98. The lowest BCUT2D eigenvalue weighted by molar-refractivity contribution is 0.200. The number of amides is 1. The molecule has 2 aromatic carbocycles. The van der Waals surface area contributed by atoms with Gasteiger partial charge in [0.05, 0.1) is 0 Å². The summed E-state index contributed by atoms with van der Waals surface area (Å²) >= 11 is 1.78. The largest absolute Gasteiger partial charge is 0.412 e. The van der Waals surface area contributed by atoms with E-state index < -0.39 is 6.09 Å². The summed E-state index contributed by atoms with van der Waals surface area (Å²) in [6.45, 7) is 5.40. The highest BCUT2D eigenvalue weighted by Crippen LogP contribution is 2.23. The molecule has 4 nitrogen and oxygen atoms in total. The Labute approximate surface area is 148 Å². The van der Waals surface area contributed by atoms with E-state index in [-0.39, 0.29) is 0 Å². The van der Waals surface area contributed by atoms with Crippen molar-refractivity contribution in [2.24, 2.45) is 0 Å². The first-order chi connectivity index (χ1) is 11.6. The summed E-state index contributed by atoms with van der Waals surface area (Å²) in [5.74, 6) is 1.44. The van der Waals surface area contributed by atoms with Crippen LogP contribution in [0.1, 0.15) is 19.4 Å². The van der Waals surface area contributed by atoms with Gasteiger partial charge in [-0.05, 0) is 29.8 Å². The van der Waals surface area contributed by atoms with Crippen LogP contribution in [0.15, 0.2) is 59.5 Å². The second-order valence-corrected chi connectivity index (χ2v) is 6.72. The Morgan fingerprint density at radius 3 is 2.42 bits per heavy atom. The number of thioether (sulfide) groups is 1. The maximum Gasteiger partial charge on any atom is 0.412 e. The summed E-state index contributed by atoms with van der Waals surface area (Å²) in [5, 5.41) is 5.95. The predicted octanol–water partition coefficient (Wildman–Crippen LogP) is 4.07. The van der Waals surface area contributed by atoms with E-state index in [9.17, 15) is 4.79 Å². The van der Waals surface area contributed by atoms with Crippen LogP contribution in [-0.2, 0) is 5.75 Å². The number of hydrogen-bond acceptors (Lipinski definition) is 4. The Morgan fingerprint density at radius 2 is 1.75 bits per heavy atom. The van der Waals surface area contributed by atoms with Gasteiger partial charge in [-0.1, -0.05) is 44.2 Å². The molecule has 0 heterocycles. The number of nitrogens with one attached hydrogen (secondary N) is 2. The molecule has 128 valence electrons. The average molecular weight is 344 g/mol. The molecular weight excluding hydrogens is 320 g/mol. The highest BCUT2D eigenvalue weighted by Gasteiger charge is 2.04. The van der Waals surface area contributed by atoms with Gasteiger partial charge in [-0.15, -0.1) is 11.8 Å². The van der Waals surface area contributed by atoms with Gasteiger partial charge in [-0.3, -0.25) is 0 Å². The van der Waals surface area contributed by atoms with Gasteiger partial charge in [0.1, 0.15) is 5.75 Å². The van der Waals surface area contributed by atoms with Crippen LogP contribution in [-0.4, -0.2) is 25.2 Å². The van der Waals surface area contributed by atoms with E-state index in [0.29, 0.717) is 18.3 Å². The predicted molar refractivity (Wildman–Crippen MR) is 99.6 cm³/mol. The number of rotatable bonds is 8. The van der Waals surface area contributed by atoms with Crippen LogP contribution in [0, 0.1) is 0 Å². The minimum atomic E-state index is -0.424. The van der Waals surface area contributed by atoms with Crippen LogP contribution < -0.4 is 15.4 Å². The molecular formula is C19H24N2O2S. The fourth-order valence-corrected chi connectivity index (χ4v) is 2.88. The molecule has 0 saturated carbocycles. The fourth-order valence-electron chi connectivity index (χ4n) is 2.01. The molecule has 0 aromatic heterocycles. The summed E-state index contributed by atoms with van der Waals surface area (Å²) in [7, 11) is 0. The molecule has 0 atom stereocenters. The molecule has 0 fully saturated rings. The lowest BCUT2D eigenvalue weighted by Crippen LogP contribution is -2.35. The molecule has 0 aliphatic heterocycles. The maximum atomic E-state index is 11.7. The zero-order chi connectivity index (χ0) is 17.2. The molecule has 5 heteroatoms. The van der Waals surface area contributed by atoms with Crippen molar-refractivity contribution < 1.29 is 9.53 Å². The summed E-state index contributed by atoms with van der Waals surface area (Å²) in [6, 6.07) is 18.3. The van der Waals surface area contributed by atoms with Crippen LogP contribution >= 0.6 is 11.8 Å². The minimum Gasteiger partial charge on any atom is -0.410 e. The van der Waals surface area contributed by atoms with E-state index in [0.717, 1.165) is 12.3 Å². The maximum absolute atomic E-state index is 11.7. The molecule has 0 spiro atoms. The third-order valence-corrected chi connectivity index (χ3v) is 4.31. The van der Waals surface area contributed by atoms with Crippen molar-refractivity contribution in [3.63, 3.8) is 0 Å². The van der Waals surface area contributed by atoms with Crippen LogP contribution in [0.4, 0.5) is 4.79 Å². The van der Waals surface area contributed by atoms with E-state index in [1.165, 1.54) is 10.5 Å². The Hall–Kier alpha value is -1.98. The van der Waals surface area contributed by atoms with Crippen LogP contribution in [0.3, 0.4) is 0 Å². The van der Waals surface area contributed by atoms with Gasteiger partial charge in [0.2, 0.25) is 0 Å². The van der Waals surface area contributed by atoms with Crippen LogP contribution in [0.25, 0.3) is 0 Å². The highest BCUT2D eigenvalue weighted by atomic mass is 32.2. The fraction of sp³-hybridized carbons (Fsp3) is 0.316. The monoisotopic (exact) mass is 344 g/mol. The van der Waals surface area contributed by atoms with Gasteiger partial charge < -0.3 is 15.4 Å². The van der Waals surface area contributed by atoms with Crippen LogP contribution in [0.2, 0.25) is 0 Å². The van der Waals surface area contributed by atoms with E-state index in [1.807, 2.05) is 42.5 Å². The summed E-state index contributed by atoms with van der Waals surface area (Å²) in [6.07, 6.45) is -0.424. The number of carbonyl (C=O) groups excluding carboxylic acids is 1. The first-order valence-corrected chi connectivity index (χ1v) is 9.08. The Balaban J connectivity index is 1.72. The molecule has 2 rings (SSSR count). The van der Waals surface area contributed by atoms with Gasteiger partial charge in [-0.2, -0.15) is 0 Å². The van der Waals surface area contributed by atoms with Crippen molar-refractivity contribution in [2.75, 3.05) is 13.1 Å². The SMILES string of the molecule is CC(C)NCCNC(=O)Oc1ccc(CSc2ccccc2)cc1. The van der Waals surface area contributed by atoms with Gasteiger partial charge >= 0.3 is 6.09 Å². The van der Waals surface area contributed by atoms with Crippen molar-refractivity contribution in [1.82, 2.24) is 10.6 Å².